The molecular formula is C16H21BrFNO4. The summed E-state index contributed by atoms with van der Waals surface area (Å²) in [7, 11) is 0. The molecule has 5 nitrogen and oxygen atoms in total. The van der Waals surface area contributed by atoms with Crippen LogP contribution in [0.15, 0.2) is 22.7 Å². The maximum absolute atomic E-state index is 13.5. The van der Waals surface area contributed by atoms with Crippen molar-refractivity contribution in [2.24, 2.45) is 0 Å². The average Bonchev–Trinajstić information content (AvgIpc) is 2.40. The Morgan fingerprint density at radius 1 is 1.30 bits per heavy atom. The van der Waals surface area contributed by atoms with Crippen LogP contribution >= 0.6 is 15.9 Å². The summed E-state index contributed by atoms with van der Waals surface area (Å²) in [5, 5.41) is 2.55. The van der Waals surface area contributed by atoms with Crippen molar-refractivity contribution < 1.29 is 23.5 Å². The molecule has 0 fully saturated rings. The molecule has 0 atom stereocenters. The Labute approximate surface area is 143 Å². The number of benzene rings is 1. The predicted molar refractivity (Wildman–Crippen MR) is 87.4 cm³/mol. The minimum absolute atomic E-state index is 0.114. The van der Waals surface area contributed by atoms with Gasteiger partial charge in [0.2, 0.25) is 0 Å². The first-order chi connectivity index (χ1) is 10.7. The topological polar surface area (TPSA) is 64.6 Å². The first-order valence-corrected chi connectivity index (χ1v) is 8.03. The van der Waals surface area contributed by atoms with Gasteiger partial charge in [0.05, 0.1) is 0 Å². The van der Waals surface area contributed by atoms with E-state index in [1.54, 1.807) is 32.9 Å². The number of carbonyl (C=O) groups excluding carboxylic acids is 2. The molecule has 0 saturated heterocycles. The van der Waals surface area contributed by atoms with Gasteiger partial charge in [0, 0.05) is 23.0 Å². The van der Waals surface area contributed by atoms with Crippen LogP contribution in [0, 0.1) is 5.82 Å². The van der Waals surface area contributed by atoms with E-state index < -0.39 is 23.5 Å². The number of ether oxygens (including phenoxy) is 2. The van der Waals surface area contributed by atoms with Gasteiger partial charge in [-0.2, -0.15) is 0 Å². The van der Waals surface area contributed by atoms with Gasteiger partial charge in [-0.1, -0.05) is 22.0 Å². The molecule has 0 aliphatic carbocycles. The van der Waals surface area contributed by atoms with E-state index in [9.17, 15) is 14.0 Å². The second-order valence-electron chi connectivity index (χ2n) is 5.93. The molecule has 0 saturated carbocycles. The van der Waals surface area contributed by atoms with Crippen LogP contribution in [0.1, 0.15) is 39.2 Å². The maximum atomic E-state index is 13.5. The van der Waals surface area contributed by atoms with Crippen LogP contribution in [-0.2, 0) is 20.9 Å². The Kier molecular flexibility index (Phi) is 7.48. The first-order valence-electron chi connectivity index (χ1n) is 7.24. The van der Waals surface area contributed by atoms with Crippen LogP contribution in [0.5, 0.6) is 0 Å². The highest BCUT2D eigenvalue weighted by Gasteiger charge is 2.15. The second-order valence-corrected chi connectivity index (χ2v) is 6.84. The molecule has 1 rings (SSSR count). The summed E-state index contributed by atoms with van der Waals surface area (Å²) in [6.45, 7) is 5.50. The van der Waals surface area contributed by atoms with Crippen molar-refractivity contribution >= 4 is 28.0 Å². The smallest absolute Gasteiger partial charge is 0.407 e. The van der Waals surface area contributed by atoms with Crippen LogP contribution in [0.25, 0.3) is 0 Å². The Bertz CT molecular complexity index is 558. The summed E-state index contributed by atoms with van der Waals surface area (Å²) in [5.41, 5.74) is -0.244. The van der Waals surface area contributed by atoms with Crippen molar-refractivity contribution in [3.8, 4) is 0 Å². The van der Waals surface area contributed by atoms with E-state index in [0.717, 1.165) is 0 Å². The molecule has 0 aromatic heterocycles. The normalized spacial score (nSPS) is 11.0. The van der Waals surface area contributed by atoms with E-state index in [0.29, 0.717) is 23.0 Å². The number of amides is 1. The lowest BCUT2D eigenvalue weighted by Crippen LogP contribution is -2.33. The molecule has 7 heteroatoms. The van der Waals surface area contributed by atoms with E-state index in [2.05, 4.69) is 21.2 Å². The minimum Gasteiger partial charge on any atom is -0.461 e. The van der Waals surface area contributed by atoms with E-state index in [1.807, 2.05) is 0 Å². The van der Waals surface area contributed by atoms with Crippen LogP contribution in [-0.4, -0.2) is 24.2 Å². The summed E-state index contributed by atoms with van der Waals surface area (Å²) in [4.78, 5) is 23.0. The Morgan fingerprint density at radius 2 is 2.00 bits per heavy atom. The highest BCUT2D eigenvalue weighted by atomic mass is 79.9. The van der Waals surface area contributed by atoms with E-state index in [1.165, 1.54) is 6.07 Å². The Hall–Kier alpha value is -1.63. The molecule has 0 aliphatic rings. The summed E-state index contributed by atoms with van der Waals surface area (Å²) in [6, 6.07) is 4.54. The number of hydrogen-bond acceptors (Lipinski definition) is 4. The number of nitrogens with one attached hydrogen (secondary N) is 1. The van der Waals surface area contributed by atoms with Gasteiger partial charge in [0.25, 0.3) is 0 Å². The van der Waals surface area contributed by atoms with Gasteiger partial charge in [-0.05, 0) is 39.3 Å². The Balaban J connectivity index is 2.21. The monoisotopic (exact) mass is 389 g/mol. The molecule has 1 aromatic carbocycles. The first kappa shape index (κ1) is 19.4. The summed E-state index contributed by atoms with van der Waals surface area (Å²) in [6.07, 6.45) is 0.0253. The summed E-state index contributed by atoms with van der Waals surface area (Å²) >= 11 is 3.16. The second kappa shape index (κ2) is 8.86. The SMILES string of the molecule is CC(C)(C)OC(=O)NCCCC(=O)OCc1ccc(Br)cc1F. The van der Waals surface area contributed by atoms with Crippen LogP contribution in [0.2, 0.25) is 0 Å². The molecule has 0 heterocycles. The minimum atomic E-state index is -0.558. The van der Waals surface area contributed by atoms with Crippen molar-refractivity contribution in [3.05, 3.63) is 34.1 Å². The highest BCUT2D eigenvalue weighted by Crippen LogP contribution is 2.16. The molecule has 1 aromatic rings. The zero-order valence-corrected chi connectivity index (χ0v) is 15.0. The van der Waals surface area contributed by atoms with Crippen LogP contribution in [0.3, 0.4) is 0 Å². The third kappa shape index (κ3) is 8.54. The standard InChI is InChI=1S/C16H21BrFNO4/c1-16(2,3)23-15(21)19-8-4-5-14(20)22-10-11-6-7-12(17)9-13(11)18/h6-7,9H,4-5,8,10H2,1-3H3,(H,19,21). The van der Waals surface area contributed by atoms with E-state index in [-0.39, 0.29) is 13.0 Å². The van der Waals surface area contributed by atoms with Crippen molar-refractivity contribution in [1.82, 2.24) is 5.32 Å². The molecule has 0 bridgehead atoms. The van der Waals surface area contributed by atoms with Crippen LogP contribution in [0.4, 0.5) is 9.18 Å². The fourth-order valence-electron chi connectivity index (χ4n) is 1.61. The van der Waals surface area contributed by atoms with Gasteiger partial charge in [0.1, 0.15) is 18.0 Å². The average molecular weight is 390 g/mol. The highest BCUT2D eigenvalue weighted by molar-refractivity contribution is 9.10. The zero-order valence-electron chi connectivity index (χ0n) is 13.4. The number of halogens is 2. The molecular weight excluding hydrogens is 369 g/mol. The summed E-state index contributed by atoms with van der Waals surface area (Å²) < 4.78 is 24.2. The zero-order chi connectivity index (χ0) is 17.5. The molecule has 23 heavy (non-hydrogen) atoms. The third-order valence-corrected chi connectivity index (χ3v) is 3.12. The van der Waals surface area contributed by atoms with Gasteiger partial charge in [-0.3, -0.25) is 4.79 Å². The van der Waals surface area contributed by atoms with Gasteiger partial charge in [-0.25, -0.2) is 9.18 Å². The molecule has 128 valence electrons. The largest absolute Gasteiger partial charge is 0.461 e. The van der Waals surface area contributed by atoms with Crippen molar-refractivity contribution in [2.45, 2.75) is 45.8 Å². The number of carbonyl (C=O) groups is 2. The number of alkyl carbamates (subject to hydrolysis) is 1. The molecule has 0 spiro atoms. The molecule has 0 radical (unpaired) electrons. The van der Waals surface area contributed by atoms with Crippen LogP contribution < -0.4 is 5.32 Å². The van der Waals surface area contributed by atoms with Gasteiger partial charge < -0.3 is 14.8 Å². The van der Waals surface area contributed by atoms with Gasteiger partial charge in [-0.15, -0.1) is 0 Å². The molecule has 1 amide bonds. The number of hydrogen-bond donors (Lipinski definition) is 1. The molecule has 1 N–H and O–H groups in total. The lowest BCUT2D eigenvalue weighted by Gasteiger charge is -2.19. The maximum Gasteiger partial charge on any atom is 0.407 e. The molecule has 0 unspecified atom stereocenters. The number of esters is 1. The Morgan fingerprint density at radius 3 is 2.61 bits per heavy atom. The number of rotatable bonds is 6. The third-order valence-electron chi connectivity index (χ3n) is 2.63. The fraction of sp³-hybridized carbons (Fsp3) is 0.500. The van der Waals surface area contributed by atoms with Crippen molar-refractivity contribution in [2.75, 3.05) is 6.54 Å². The summed E-state index contributed by atoms with van der Waals surface area (Å²) in [5.74, 6) is -0.878. The van der Waals surface area contributed by atoms with Gasteiger partial charge in [0.15, 0.2) is 0 Å². The quantitative estimate of drug-likeness (QED) is 0.591. The lowest BCUT2D eigenvalue weighted by molar-refractivity contribution is -0.145. The lowest BCUT2D eigenvalue weighted by atomic mass is 10.2. The van der Waals surface area contributed by atoms with E-state index in [4.69, 9.17) is 9.47 Å². The fourth-order valence-corrected chi connectivity index (χ4v) is 1.94. The van der Waals surface area contributed by atoms with Crippen molar-refractivity contribution in [3.63, 3.8) is 0 Å². The predicted octanol–water partition coefficient (Wildman–Crippen LogP) is 3.94. The van der Waals surface area contributed by atoms with Crippen molar-refractivity contribution in [1.29, 1.82) is 0 Å². The van der Waals surface area contributed by atoms with E-state index >= 15 is 0 Å². The van der Waals surface area contributed by atoms with Gasteiger partial charge >= 0.3 is 12.1 Å². The molecule has 0 aliphatic heterocycles.